The zero-order valence-electron chi connectivity index (χ0n) is 32.9. The predicted molar refractivity (Wildman–Crippen MR) is 217 cm³/mol. The summed E-state index contributed by atoms with van der Waals surface area (Å²) in [5, 5.41) is 23.6. The maximum absolute atomic E-state index is 13.1. The standard InChI is InChI=1S/C40H55N7O8Si/c1-27(2)35(46-39(53)54)37(51)45-32(18-13-23-42-38(41)52)36(50)43-24-34(49)47(6)25-33(48)44-29-21-19-28(20-22-29)26-55-56(40(3,4)5,30-14-9-7-10-15-30)31-16-11-8-12-17-31/h7-12,14-17,19-22,27,32,35,46H,13,18,23-26H2,1-6H3,(H,43,50)(H,44,48)(H,45,51)(H,53,54)(H3,41,42,52)/t32-,35-/m0/s1. The highest BCUT2D eigenvalue weighted by atomic mass is 28.4. The van der Waals surface area contributed by atoms with Gasteiger partial charge in [-0.2, -0.15) is 0 Å². The number of anilines is 1. The Morgan fingerprint density at radius 2 is 1.39 bits per heavy atom. The van der Waals surface area contributed by atoms with E-state index in [1.54, 1.807) is 26.0 Å². The summed E-state index contributed by atoms with van der Waals surface area (Å²) in [6, 6.07) is 25.0. The van der Waals surface area contributed by atoms with Crippen LogP contribution in [0.4, 0.5) is 15.3 Å². The lowest BCUT2D eigenvalue weighted by Gasteiger charge is -2.43. The van der Waals surface area contributed by atoms with Crippen LogP contribution in [-0.2, 0) is 30.2 Å². The smallest absolute Gasteiger partial charge is 0.405 e. The number of carbonyl (C=O) groups excluding carboxylic acids is 5. The van der Waals surface area contributed by atoms with Crippen molar-refractivity contribution in [2.45, 2.75) is 71.2 Å². The molecular formula is C40H55N7O8Si. The van der Waals surface area contributed by atoms with Crippen LogP contribution in [0.3, 0.4) is 0 Å². The molecule has 0 aliphatic rings. The summed E-state index contributed by atoms with van der Waals surface area (Å²) in [5.41, 5.74) is 6.55. The number of carboxylic acid groups (broad SMARTS) is 1. The van der Waals surface area contributed by atoms with E-state index in [0.29, 0.717) is 12.3 Å². The van der Waals surface area contributed by atoms with Gasteiger partial charge in [0.25, 0.3) is 8.32 Å². The molecule has 0 aliphatic carbocycles. The van der Waals surface area contributed by atoms with E-state index >= 15 is 0 Å². The molecule has 8 N–H and O–H groups in total. The van der Waals surface area contributed by atoms with E-state index in [1.165, 1.54) is 17.4 Å². The molecule has 0 fully saturated rings. The Bertz CT molecular complexity index is 1750. The molecule has 3 aromatic carbocycles. The number of hydrogen-bond donors (Lipinski definition) is 7. The van der Waals surface area contributed by atoms with E-state index < -0.39 is 68.6 Å². The first-order valence-corrected chi connectivity index (χ1v) is 20.3. The van der Waals surface area contributed by atoms with E-state index in [4.69, 9.17) is 15.3 Å². The number of nitrogens with two attached hydrogens (primary N) is 1. The van der Waals surface area contributed by atoms with Crippen molar-refractivity contribution in [1.29, 1.82) is 0 Å². The topological polar surface area (TPSA) is 221 Å². The molecule has 0 bridgehead atoms. The lowest BCUT2D eigenvalue weighted by atomic mass is 10.0. The number of nitrogens with zero attached hydrogens (tertiary/aromatic N) is 1. The number of rotatable bonds is 19. The Morgan fingerprint density at radius 3 is 1.89 bits per heavy atom. The molecule has 0 aromatic heterocycles. The van der Waals surface area contributed by atoms with Crippen molar-refractivity contribution in [1.82, 2.24) is 26.2 Å². The van der Waals surface area contributed by atoms with Crippen molar-refractivity contribution in [3.63, 3.8) is 0 Å². The zero-order chi connectivity index (χ0) is 41.5. The van der Waals surface area contributed by atoms with Gasteiger partial charge in [-0.15, -0.1) is 0 Å². The SMILES string of the molecule is CC(C)[C@H](NC(=O)O)C(=O)N[C@@H](CCCNC(N)=O)C(=O)NCC(=O)N(C)CC(=O)Nc1ccc(CO[Si](c2ccccc2)(c2ccccc2)C(C)(C)C)cc1. The van der Waals surface area contributed by atoms with Crippen LogP contribution in [0.1, 0.15) is 53.0 Å². The normalized spacial score (nSPS) is 12.5. The molecular weight excluding hydrogens is 735 g/mol. The third-order valence-corrected chi connectivity index (χ3v) is 14.1. The first-order chi connectivity index (χ1) is 26.4. The van der Waals surface area contributed by atoms with E-state index in [9.17, 15) is 28.8 Å². The molecule has 2 atom stereocenters. The number of nitrogens with one attached hydrogen (secondary N) is 5. The van der Waals surface area contributed by atoms with Gasteiger partial charge in [0.15, 0.2) is 0 Å². The van der Waals surface area contributed by atoms with Crippen LogP contribution in [0.5, 0.6) is 0 Å². The molecule has 0 saturated heterocycles. The summed E-state index contributed by atoms with van der Waals surface area (Å²) in [5.74, 6) is -2.90. The van der Waals surface area contributed by atoms with Crippen molar-refractivity contribution < 1.29 is 38.3 Å². The van der Waals surface area contributed by atoms with Gasteiger partial charge in [-0.1, -0.05) is 107 Å². The minimum absolute atomic E-state index is 0.0482. The molecule has 56 heavy (non-hydrogen) atoms. The second kappa shape index (κ2) is 20.8. The fourth-order valence-electron chi connectivity index (χ4n) is 6.28. The monoisotopic (exact) mass is 789 g/mol. The number of primary amides is 1. The minimum Gasteiger partial charge on any atom is -0.465 e. The number of benzene rings is 3. The van der Waals surface area contributed by atoms with Gasteiger partial charge in [0, 0.05) is 19.3 Å². The number of urea groups is 1. The Kier molecular flexibility index (Phi) is 16.6. The van der Waals surface area contributed by atoms with Crippen molar-refractivity contribution in [3.05, 3.63) is 90.5 Å². The summed E-state index contributed by atoms with van der Waals surface area (Å²) < 4.78 is 7.01. The van der Waals surface area contributed by atoms with Crippen LogP contribution in [0, 0.1) is 5.92 Å². The molecule has 7 amide bonds. The number of likely N-dealkylation sites (N-methyl/N-ethyl adjacent to an activating group) is 1. The first-order valence-electron chi connectivity index (χ1n) is 18.4. The van der Waals surface area contributed by atoms with Crippen LogP contribution in [-0.4, -0.2) is 92.8 Å². The van der Waals surface area contributed by atoms with Crippen LogP contribution >= 0.6 is 0 Å². The van der Waals surface area contributed by atoms with Gasteiger partial charge in [0.1, 0.15) is 12.1 Å². The summed E-state index contributed by atoms with van der Waals surface area (Å²) in [4.78, 5) is 75.2. The molecule has 15 nitrogen and oxygen atoms in total. The average Bonchev–Trinajstić information content (AvgIpc) is 3.14. The second-order valence-corrected chi connectivity index (χ2v) is 19.1. The molecule has 0 unspecified atom stereocenters. The second-order valence-electron chi connectivity index (χ2n) is 14.8. The Labute approximate surface area is 329 Å². The van der Waals surface area contributed by atoms with Crippen molar-refractivity contribution in [2.75, 3.05) is 32.0 Å². The lowest BCUT2D eigenvalue weighted by Crippen LogP contribution is -2.66. The highest BCUT2D eigenvalue weighted by Gasteiger charge is 2.50. The molecule has 0 saturated carbocycles. The Balaban J connectivity index is 1.59. The van der Waals surface area contributed by atoms with Gasteiger partial charge in [-0.3, -0.25) is 19.2 Å². The van der Waals surface area contributed by atoms with E-state index in [-0.39, 0.29) is 31.0 Å². The molecule has 0 spiro atoms. The molecule has 0 aliphatic heterocycles. The first kappa shape index (κ1) is 44.7. The maximum atomic E-state index is 13.1. The molecule has 0 radical (unpaired) electrons. The Morgan fingerprint density at radius 1 is 0.821 bits per heavy atom. The van der Waals surface area contributed by atoms with Crippen LogP contribution in [0.25, 0.3) is 0 Å². The third-order valence-electron chi connectivity index (χ3n) is 9.16. The molecule has 302 valence electrons. The average molecular weight is 790 g/mol. The molecule has 16 heteroatoms. The highest BCUT2D eigenvalue weighted by molar-refractivity contribution is 6.99. The molecule has 3 aromatic rings. The number of hydrogen-bond acceptors (Lipinski definition) is 7. The van der Waals surface area contributed by atoms with Gasteiger partial charge in [0.2, 0.25) is 23.6 Å². The lowest BCUT2D eigenvalue weighted by molar-refractivity contribution is -0.135. The van der Waals surface area contributed by atoms with Crippen molar-refractivity contribution >= 4 is 60.1 Å². The summed E-state index contributed by atoms with van der Waals surface area (Å²) >= 11 is 0. The minimum atomic E-state index is -2.75. The van der Waals surface area contributed by atoms with Crippen molar-refractivity contribution in [2.24, 2.45) is 11.7 Å². The van der Waals surface area contributed by atoms with Crippen molar-refractivity contribution in [3.8, 4) is 0 Å². The summed E-state index contributed by atoms with van der Waals surface area (Å²) in [7, 11) is -1.33. The van der Waals surface area contributed by atoms with Crippen LogP contribution < -0.4 is 42.7 Å². The van der Waals surface area contributed by atoms with Gasteiger partial charge in [-0.25, -0.2) is 9.59 Å². The van der Waals surface area contributed by atoms with E-state index in [1.807, 2.05) is 48.5 Å². The third kappa shape index (κ3) is 12.9. The highest BCUT2D eigenvalue weighted by Crippen LogP contribution is 2.37. The summed E-state index contributed by atoms with van der Waals surface area (Å²) in [6.45, 7) is 9.61. The fraction of sp³-hybridized carbons (Fsp3) is 0.400. The molecule has 0 heterocycles. The number of carbonyl (C=O) groups is 6. The van der Waals surface area contributed by atoms with E-state index in [0.717, 1.165) is 10.5 Å². The van der Waals surface area contributed by atoms with Crippen LogP contribution in [0.15, 0.2) is 84.9 Å². The number of amides is 7. The Hall–Kier alpha value is -5.74. The quantitative estimate of drug-likeness (QED) is 0.0705. The summed E-state index contributed by atoms with van der Waals surface area (Å²) in [6.07, 6.45) is -1.12. The maximum Gasteiger partial charge on any atom is 0.405 e. The molecule has 3 rings (SSSR count). The van der Waals surface area contributed by atoms with E-state index in [2.05, 4.69) is 71.6 Å². The van der Waals surface area contributed by atoms with Gasteiger partial charge < -0.3 is 46.8 Å². The predicted octanol–water partition coefficient (Wildman–Crippen LogP) is 2.50. The van der Waals surface area contributed by atoms with Gasteiger partial charge in [0.05, 0.1) is 19.7 Å². The van der Waals surface area contributed by atoms with Gasteiger partial charge >= 0.3 is 12.1 Å². The fourth-order valence-corrected chi connectivity index (χ4v) is 10.8. The van der Waals surface area contributed by atoms with Gasteiger partial charge in [-0.05, 0) is 51.9 Å². The largest absolute Gasteiger partial charge is 0.465 e. The van der Waals surface area contributed by atoms with Crippen LogP contribution in [0.2, 0.25) is 5.04 Å². The zero-order valence-corrected chi connectivity index (χ0v) is 33.9.